The first-order valence-electron chi connectivity index (χ1n) is 4.72. The molecule has 0 spiro atoms. The Balaban J connectivity index is 2.64. The zero-order chi connectivity index (χ0) is 10.4. The number of para-hydroxylation sites is 1. The first kappa shape index (κ1) is 11.0. The standard InChI is InChI=1S/C11H17NO2/c1-9(12)10-5-3-4-6-11(10)14-8-7-13-2/h3-6,9H,7-8,12H2,1-2H3/t9-/m0/s1. The molecule has 0 saturated heterocycles. The second kappa shape index (κ2) is 5.62. The zero-order valence-corrected chi connectivity index (χ0v) is 8.69. The summed E-state index contributed by atoms with van der Waals surface area (Å²) >= 11 is 0. The summed E-state index contributed by atoms with van der Waals surface area (Å²) in [6, 6.07) is 7.80. The predicted molar refractivity (Wildman–Crippen MR) is 56.4 cm³/mol. The lowest BCUT2D eigenvalue weighted by Crippen LogP contribution is -2.10. The summed E-state index contributed by atoms with van der Waals surface area (Å²) in [4.78, 5) is 0. The second-order valence-electron chi connectivity index (χ2n) is 3.17. The summed E-state index contributed by atoms with van der Waals surface area (Å²) in [5.41, 5.74) is 6.84. The minimum atomic E-state index is -0.00579. The van der Waals surface area contributed by atoms with Crippen molar-refractivity contribution in [3.8, 4) is 5.75 Å². The Morgan fingerprint density at radius 3 is 2.64 bits per heavy atom. The summed E-state index contributed by atoms with van der Waals surface area (Å²) in [6.45, 7) is 3.09. The molecule has 0 aromatic heterocycles. The summed E-state index contributed by atoms with van der Waals surface area (Å²) in [7, 11) is 1.65. The average Bonchev–Trinajstić information content (AvgIpc) is 2.19. The quantitative estimate of drug-likeness (QED) is 0.728. The fourth-order valence-corrected chi connectivity index (χ4v) is 1.22. The van der Waals surface area contributed by atoms with Crippen molar-refractivity contribution in [2.45, 2.75) is 13.0 Å². The lowest BCUT2D eigenvalue weighted by molar-refractivity contribution is 0.145. The van der Waals surface area contributed by atoms with Crippen LogP contribution in [0.1, 0.15) is 18.5 Å². The van der Waals surface area contributed by atoms with E-state index in [4.69, 9.17) is 15.2 Å². The summed E-state index contributed by atoms with van der Waals surface area (Å²) in [5, 5.41) is 0. The van der Waals surface area contributed by atoms with Gasteiger partial charge in [-0.15, -0.1) is 0 Å². The highest BCUT2D eigenvalue weighted by atomic mass is 16.5. The lowest BCUT2D eigenvalue weighted by atomic mass is 10.1. The number of benzene rings is 1. The Morgan fingerprint density at radius 2 is 2.00 bits per heavy atom. The van der Waals surface area contributed by atoms with Gasteiger partial charge < -0.3 is 15.2 Å². The van der Waals surface area contributed by atoms with Crippen molar-refractivity contribution >= 4 is 0 Å². The van der Waals surface area contributed by atoms with Crippen LogP contribution in [0.3, 0.4) is 0 Å². The van der Waals surface area contributed by atoms with E-state index in [9.17, 15) is 0 Å². The van der Waals surface area contributed by atoms with Gasteiger partial charge in [-0.1, -0.05) is 18.2 Å². The highest BCUT2D eigenvalue weighted by Crippen LogP contribution is 2.22. The number of hydrogen-bond donors (Lipinski definition) is 1. The molecular weight excluding hydrogens is 178 g/mol. The van der Waals surface area contributed by atoms with Gasteiger partial charge in [0.15, 0.2) is 0 Å². The maximum absolute atomic E-state index is 5.81. The Hall–Kier alpha value is -1.06. The maximum atomic E-state index is 5.81. The van der Waals surface area contributed by atoms with Crippen LogP contribution in [0.5, 0.6) is 5.75 Å². The summed E-state index contributed by atoms with van der Waals surface area (Å²) in [5.74, 6) is 0.847. The van der Waals surface area contributed by atoms with Gasteiger partial charge >= 0.3 is 0 Å². The van der Waals surface area contributed by atoms with Gasteiger partial charge in [0.2, 0.25) is 0 Å². The average molecular weight is 195 g/mol. The van der Waals surface area contributed by atoms with Gasteiger partial charge in [0.1, 0.15) is 12.4 Å². The number of ether oxygens (including phenoxy) is 2. The summed E-state index contributed by atoms with van der Waals surface area (Å²) < 4.78 is 10.4. The van der Waals surface area contributed by atoms with Crippen molar-refractivity contribution in [3.05, 3.63) is 29.8 Å². The molecule has 0 fully saturated rings. The zero-order valence-electron chi connectivity index (χ0n) is 8.69. The normalized spacial score (nSPS) is 12.5. The molecule has 0 unspecified atom stereocenters. The van der Waals surface area contributed by atoms with E-state index in [1.54, 1.807) is 7.11 Å². The Morgan fingerprint density at radius 1 is 1.29 bits per heavy atom. The van der Waals surface area contributed by atoms with Crippen molar-refractivity contribution in [1.29, 1.82) is 0 Å². The number of methoxy groups -OCH3 is 1. The molecular formula is C11H17NO2. The smallest absolute Gasteiger partial charge is 0.124 e. The molecule has 1 aromatic carbocycles. The second-order valence-corrected chi connectivity index (χ2v) is 3.17. The van der Waals surface area contributed by atoms with Gasteiger partial charge in [-0.3, -0.25) is 0 Å². The molecule has 0 saturated carbocycles. The van der Waals surface area contributed by atoms with Gasteiger partial charge in [0.25, 0.3) is 0 Å². The molecule has 78 valence electrons. The summed E-state index contributed by atoms with van der Waals surface area (Å²) in [6.07, 6.45) is 0. The van der Waals surface area contributed by atoms with E-state index in [-0.39, 0.29) is 6.04 Å². The van der Waals surface area contributed by atoms with Crippen LogP contribution >= 0.6 is 0 Å². The third-order valence-corrected chi connectivity index (χ3v) is 1.95. The molecule has 3 heteroatoms. The van der Waals surface area contributed by atoms with Gasteiger partial charge in [0, 0.05) is 18.7 Å². The lowest BCUT2D eigenvalue weighted by Gasteiger charge is -2.13. The van der Waals surface area contributed by atoms with Crippen LogP contribution in [0.4, 0.5) is 0 Å². The fourth-order valence-electron chi connectivity index (χ4n) is 1.22. The maximum Gasteiger partial charge on any atom is 0.124 e. The Bertz CT molecular complexity index is 274. The molecule has 1 rings (SSSR count). The molecule has 0 heterocycles. The molecule has 0 aliphatic carbocycles. The van der Waals surface area contributed by atoms with Crippen LogP contribution in [0.15, 0.2) is 24.3 Å². The number of nitrogens with two attached hydrogens (primary N) is 1. The Labute approximate surface area is 84.8 Å². The van der Waals surface area contributed by atoms with Gasteiger partial charge in [-0.05, 0) is 13.0 Å². The molecule has 0 radical (unpaired) electrons. The number of rotatable bonds is 5. The predicted octanol–water partition coefficient (Wildman–Crippen LogP) is 1.73. The molecule has 14 heavy (non-hydrogen) atoms. The van der Waals surface area contributed by atoms with Crippen LogP contribution in [-0.4, -0.2) is 20.3 Å². The van der Waals surface area contributed by atoms with Crippen molar-refractivity contribution in [2.75, 3.05) is 20.3 Å². The molecule has 0 aliphatic heterocycles. The van der Waals surface area contributed by atoms with E-state index in [1.165, 1.54) is 0 Å². The van der Waals surface area contributed by atoms with E-state index >= 15 is 0 Å². The van der Waals surface area contributed by atoms with E-state index < -0.39 is 0 Å². The number of hydrogen-bond acceptors (Lipinski definition) is 3. The molecule has 0 bridgehead atoms. The van der Waals surface area contributed by atoms with E-state index in [2.05, 4.69) is 0 Å². The van der Waals surface area contributed by atoms with Crippen LogP contribution < -0.4 is 10.5 Å². The van der Waals surface area contributed by atoms with Crippen molar-refractivity contribution in [2.24, 2.45) is 5.73 Å². The van der Waals surface area contributed by atoms with Crippen molar-refractivity contribution in [3.63, 3.8) is 0 Å². The molecule has 0 aliphatic rings. The third-order valence-electron chi connectivity index (χ3n) is 1.95. The highest BCUT2D eigenvalue weighted by Gasteiger charge is 2.06. The largest absolute Gasteiger partial charge is 0.491 e. The minimum Gasteiger partial charge on any atom is -0.491 e. The topological polar surface area (TPSA) is 44.5 Å². The van der Waals surface area contributed by atoms with Crippen LogP contribution in [0, 0.1) is 0 Å². The van der Waals surface area contributed by atoms with Gasteiger partial charge in [-0.25, -0.2) is 0 Å². The molecule has 1 atom stereocenters. The SMILES string of the molecule is COCCOc1ccccc1[C@H](C)N. The van der Waals surface area contributed by atoms with Gasteiger partial charge in [-0.2, -0.15) is 0 Å². The van der Waals surface area contributed by atoms with Crippen LogP contribution in [-0.2, 0) is 4.74 Å². The molecule has 1 aromatic rings. The molecule has 2 N–H and O–H groups in total. The minimum absolute atomic E-state index is 0.00579. The van der Waals surface area contributed by atoms with E-state index in [1.807, 2.05) is 31.2 Å². The highest BCUT2D eigenvalue weighted by molar-refractivity contribution is 5.35. The van der Waals surface area contributed by atoms with Crippen molar-refractivity contribution in [1.82, 2.24) is 0 Å². The first-order valence-corrected chi connectivity index (χ1v) is 4.72. The van der Waals surface area contributed by atoms with Gasteiger partial charge in [0.05, 0.1) is 6.61 Å². The molecule has 0 amide bonds. The first-order chi connectivity index (χ1) is 6.75. The van der Waals surface area contributed by atoms with E-state index in [0.29, 0.717) is 13.2 Å². The monoisotopic (exact) mass is 195 g/mol. The third kappa shape index (κ3) is 3.01. The van der Waals surface area contributed by atoms with Crippen LogP contribution in [0.25, 0.3) is 0 Å². The van der Waals surface area contributed by atoms with Crippen LogP contribution in [0.2, 0.25) is 0 Å². The Kier molecular flexibility index (Phi) is 4.43. The van der Waals surface area contributed by atoms with Crippen molar-refractivity contribution < 1.29 is 9.47 Å². The van der Waals surface area contributed by atoms with E-state index in [0.717, 1.165) is 11.3 Å². The molecule has 3 nitrogen and oxygen atoms in total. The fraction of sp³-hybridized carbons (Fsp3) is 0.455.